The third-order valence-corrected chi connectivity index (χ3v) is 3.55. The van der Waals surface area contributed by atoms with Crippen LogP contribution >= 0.6 is 0 Å². The number of nitrogens with one attached hydrogen (secondary N) is 1. The van der Waals surface area contributed by atoms with E-state index in [1.807, 2.05) is 37.3 Å². The Morgan fingerprint density at radius 1 is 1.22 bits per heavy atom. The van der Waals surface area contributed by atoms with Crippen molar-refractivity contribution in [1.82, 2.24) is 15.5 Å². The van der Waals surface area contributed by atoms with Gasteiger partial charge in [0.2, 0.25) is 0 Å². The SMILES string of the molecule is Cc1cccc(CNC(=O)c2c(C)noc2-c2cccnc2)c1. The third-order valence-electron chi connectivity index (χ3n) is 3.55. The highest BCUT2D eigenvalue weighted by atomic mass is 16.5. The largest absolute Gasteiger partial charge is 0.355 e. The fourth-order valence-corrected chi connectivity index (χ4v) is 2.42. The number of rotatable bonds is 4. The predicted octanol–water partition coefficient (Wildman–Crippen LogP) is 3.28. The molecule has 3 rings (SSSR count). The molecule has 0 aliphatic rings. The third kappa shape index (κ3) is 3.29. The molecule has 3 aromatic rings. The summed E-state index contributed by atoms with van der Waals surface area (Å²) in [6, 6.07) is 11.7. The lowest BCUT2D eigenvalue weighted by atomic mass is 10.1. The molecule has 2 heterocycles. The number of pyridine rings is 1. The molecule has 0 saturated heterocycles. The summed E-state index contributed by atoms with van der Waals surface area (Å²) in [7, 11) is 0. The van der Waals surface area contributed by atoms with E-state index in [0.717, 1.165) is 16.7 Å². The van der Waals surface area contributed by atoms with Crippen LogP contribution in [0.4, 0.5) is 0 Å². The molecule has 0 atom stereocenters. The molecule has 0 spiro atoms. The van der Waals surface area contributed by atoms with E-state index in [1.54, 1.807) is 25.4 Å². The lowest BCUT2D eigenvalue weighted by molar-refractivity contribution is 0.0950. The van der Waals surface area contributed by atoms with Gasteiger partial charge in [0.1, 0.15) is 5.56 Å². The number of carbonyl (C=O) groups is 1. The smallest absolute Gasteiger partial charge is 0.257 e. The minimum Gasteiger partial charge on any atom is -0.355 e. The summed E-state index contributed by atoms with van der Waals surface area (Å²) in [6.45, 7) is 4.23. The number of benzene rings is 1. The van der Waals surface area contributed by atoms with Crippen molar-refractivity contribution in [2.45, 2.75) is 20.4 Å². The van der Waals surface area contributed by atoms with Crippen LogP contribution in [0.1, 0.15) is 27.2 Å². The first-order valence-electron chi connectivity index (χ1n) is 7.35. The van der Waals surface area contributed by atoms with Crippen LogP contribution in [0.5, 0.6) is 0 Å². The molecule has 0 aliphatic carbocycles. The molecule has 5 nitrogen and oxygen atoms in total. The van der Waals surface area contributed by atoms with Crippen molar-refractivity contribution in [3.05, 3.63) is 71.2 Å². The molecule has 0 fully saturated rings. The number of hydrogen-bond donors (Lipinski definition) is 1. The number of hydrogen-bond acceptors (Lipinski definition) is 4. The fraction of sp³-hybridized carbons (Fsp3) is 0.167. The average Bonchev–Trinajstić information content (AvgIpc) is 2.95. The molecule has 0 bridgehead atoms. The minimum atomic E-state index is -0.205. The Morgan fingerprint density at radius 3 is 2.83 bits per heavy atom. The van der Waals surface area contributed by atoms with Gasteiger partial charge in [-0.2, -0.15) is 0 Å². The van der Waals surface area contributed by atoms with Crippen molar-refractivity contribution in [2.75, 3.05) is 0 Å². The van der Waals surface area contributed by atoms with E-state index in [-0.39, 0.29) is 5.91 Å². The second-order valence-corrected chi connectivity index (χ2v) is 5.39. The zero-order valence-electron chi connectivity index (χ0n) is 13.0. The summed E-state index contributed by atoms with van der Waals surface area (Å²) in [5.41, 5.74) is 3.95. The van der Waals surface area contributed by atoms with Gasteiger partial charge in [-0.05, 0) is 31.5 Å². The van der Waals surface area contributed by atoms with Crippen LogP contribution in [0.2, 0.25) is 0 Å². The molecule has 5 heteroatoms. The van der Waals surface area contributed by atoms with Crippen LogP contribution in [-0.4, -0.2) is 16.0 Å². The highest BCUT2D eigenvalue weighted by molar-refractivity contribution is 6.00. The maximum absolute atomic E-state index is 12.5. The first kappa shape index (κ1) is 15.0. The molecule has 116 valence electrons. The Labute approximate surface area is 134 Å². The monoisotopic (exact) mass is 307 g/mol. The normalized spacial score (nSPS) is 10.5. The molecule has 0 unspecified atom stereocenters. The van der Waals surface area contributed by atoms with Gasteiger partial charge in [-0.3, -0.25) is 9.78 Å². The molecule has 23 heavy (non-hydrogen) atoms. The van der Waals surface area contributed by atoms with Crippen molar-refractivity contribution < 1.29 is 9.32 Å². The van der Waals surface area contributed by atoms with Gasteiger partial charge in [-0.15, -0.1) is 0 Å². The van der Waals surface area contributed by atoms with Crippen molar-refractivity contribution in [3.63, 3.8) is 0 Å². The van der Waals surface area contributed by atoms with Crippen LogP contribution in [0.15, 0.2) is 53.3 Å². The van der Waals surface area contributed by atoms with E-state index >= 15 is 0 Å². The zero-order chi connectivity index (χ0) is 16.2. The van der Waals surface area contributed by atoms with Crippen LogP contribution in [-0.2, 0) is 6.54 Å². The van der Waals surface area contributed by atoms with E-state index in [9.17, 15) is 4.79 Å². The molecule has 1 N–H and O–H groups in total. The summed E-state index contributed by atoms with van der Waals surface area (Å²) >= 11 is 0. The van der Waals surface area contributed by atoms with E-state index in [0.29, 0.717) is 23.6 Å². The number of carbonyl (C=O) groups excluding carboxylic acids is 1. The molecule has 2 aromatic heterocycles. The highest BCUT2D eigenvalue weighted by Crippen LogP contribution is 2.25. The number of amides is 1. The lowest BCUT2D eigenvalue weighted by Gasteiger charge is -2.06. The van der Waals surface area contributed by atoms with E-state index in [1.165, 1.54) is 0 Å². The molecule has 0 radical (unpaired) electrons. The summed E-state index contributed by atoms with van der Waals surface area (Å²) in [4.78, 5) is 16.6. The number of aryl methyl sites for hydroxylation is 2. The van der Waals surface area contributed by atoms with Crippen LogP contribution in [0, 0.1) is 13.8 Å². The van der Waals surface area contributed by atoms with Gasteiger partial charge in [0.15, 0.2) is 5.76 Å². The molecular weight excluding hydrogens is 290 g/mol. The second-order valence-electron chi connectivity index (χ2n) is 5.39. The molecule has 1 amide bonds. The van der Waals surface area contributed by atoms with Crippen molar-refractivity contribution in [1.29, 1.82) is 0 Å². The molecule has 0 aliphatic heterocycles. The molecular formula is C18H17N3O2. The van der Waals surface area contributed by atoms with Crippen molar-refractivity contribution in [3.8, 4) is 11.3 Å². The van der Waals surface area contributed by atoms with Gasteiger partial charge >= 0.3 is 0 Å². The first-order valence-corrected chi connectivity index (χ1v) is 7.35. The fourth-order valence-electron chi connectivity index (χ4n) is 2.42. The summed E-state index contributed by atoms with van der Waals surface area (Å²) < 4.78 is 5.32. The number of aromatic nitrogens is 2. The van der Waals surface area contributed by atoms with Gasteiger partial charge < -0.3 is 9.84 Å². The maximum atomic E-state index is 12.5. The Morgan fingerprint density at radius 2 is 2.09 bits per heavy atom. The number of nitrogens with zero attached hydrogens (tertiary/aromatic N) is 2. The topological polar surface area (TPSA) is 68.0 Å². The van der Waals surface area contributed by atoms with Gasteiger partial charge in [-0.25, -0.2) is 0 Å². The summed E-state index contributed by atoms with van der Waals surface area (Å²) in [5, 5.41) is 6.84. The summed E-state index contributed by atoms with van der Waals surface area (Å²) in [6.07, 6.45) is 3.32. The Hall–Kier alpha value is -2.95. The van der Waals surface area contributed by atoms with Crippen LogP contribution < -0.4 is 5.32 Å². The average molecular weight is 307 g/mol. The van der Waals surface area contributed by atoms with E-state index < -0.39 is 0 Å². The first-order chi connectivity index (χ1) is 11.1. The van der Waals surface area contributed by atoms with Gasteiger partial charge in [0.05, 0.1) is 5.69 Å². The second kappa shape index (κ2) is 6.44. The van der Waals surface area contributed by atoms with Gasteiger partial charge in [0.25, 0.3) is 5.91 Å². The Bertz CT molecular complexity index is 825. The minimum absolute atomic E-state index is 0.205. The molecule has 0 saturated carbocycles. The van der Waals surface area contributed by atoms with E-state index in [4.69, 9.17) is 4.52 Å². The lowest BCUT2D eigenvalue weighted by Crippen LogP contribution is -2.23. The van der Waals surface area contributed by atoms with Gasteiger partial charge in [-0.1, -0.05) is 35.0 Å². The standard InChI is InChI=1S/C18H17N3O2/c1-12-5-3-6-14(9-12)10-20-18(22)16-13(2)21-23-17(16)15-7-4-8-19-11-15/h3-9,11H,10H2,1-2H3,(H,20,22). The Kier molecular flexibility index (Phi) is 4.19. The molecule has 1 aromatic carbocycles. The summed E-state index contributed by atoms with van der Waals surface area (Å²) in [5.74, 6) is 0.237. The van der Waals surface area contributed by atoms with Crippen molar-refractivity contribution >= 4 is 5.91 Å². The predicted molar refractivity (Wildman–Crippen MR) is 86.8 cm³/mol. The van der Waals surface area contributed by atoms with Crippen LogP contribution in [0.25, 0.3) is 11.3 Å². The van der Waals surface area contributed by atoms with Gasteiger partial charge in [0, 0.05) is 24.5 Å². The zero-order valence-corrected chi connectivity index (χ0v) is 13.0. The van der Waals surface area contributed by atoms with Crippen molar-refractivity contribution in [2.24, 2.45) is 0 Å². The maximum Gasteiger partial charge on any atom is 0.257 e. The quantitative estimate of drug-likeness (QED) is 0.803. The highest BCUT2D eigenvalue weighted by Gasteiger charge is 2.21. The van der Waals surface area contributed by atoms with E-state index in [2.05, 4.69) is 15.5 Å². The Balaban J connectivity index is 1.81. The van der Waals surface area contributed by atoms with Crippen LogP contribution in [0.3, 0.4) is 0 Å².